The van der Waals surface area contributed by atoms with Gasteiger partial charge < -0.3 is 14.2 Å². The number of benzene rings is 2. The molecule has 0 radical (unpaired) electrons. The predicted octanol–water partition coefficient (Wildman–Crippen LogP) is 4.94. The van der Waals surface area contributed by atoms with Crippen molar-refractivity contribution in [3.05, 3.63) is 83.9 Å². The largest absolute Gasteiger partial charge is 0.456 e. The summed E-state index contributed by atoms with van der Waals surface area (Å²) in [6.07, 6.45) is 6.09. The Hall–Kier alpha value is -2.43. The summed E-state index contributed by atoms with van der Waals surface area (Å²) in [5, 5.41) is 0. The van der Waals surface area contributed by atoms with Crippen molar-refractivity contribution >= 4 is 5.97 Å². The van der Waals surface area contributed by atoms with Crippen LogP contribution in [0.1, 0.15) is 42.1 Å². The van der Waals surface area contributed by atoms with Crippen molar-refractivity contribution in [1.29, 1.82) is 0 Å². The molecule has 0 spiro atoms. The topological polar surface area (TPSA) is 44.8 Å². The average Bonchev–Trinajstić information content (AvgIpc) is 3.11. The molecule has 1 heterocycles. The highest BCUT2D eigenvalue weighted by molar-refractivity contribution is 5.89. The minimum Gasteiger partial charge on any atom is -0.456 e. The van der Waals surface area contributed by atoms with Gasteiger partial charge in [-0.05, 0) is 30.5 Å². The van der Waals surface area contributed by atoms with Gasteiger partial charge in [-0.3, -0.25) is 0 Å². The molecule has 2 aromatic carbocycles. The van der Waals surface area contributed by atoms with Crippen molar-refractivity contribution in [2.24, 2.45) is 0 Å². The molecule has 0 unspecified atom stereocenters. The number of allylic oxidation sites excluding steroid dienone is 1. The van der Waals surface area contributed by atoms with Crippen LogP contribution >= 0.6 is 0 Å². The van der Waals surface area contributed by atoms with E-state index in [9.17, 15) is 4.79 Å². The zero-order valence-electron chi connectivity index (χ0n) is 16.3. The summed E-state index contributed by atoms with van der Waals surface area (Å²) in [5.41, 5.74) is 1.70. The third kappa shape index (κ3) is 6.04. The van der Waals surface area contributed by atoms with Gasteiger partial charge in [-0.25, -0.2) is 4.79 Å². The minimum absolute atomic E-state index is 0.0719. The van der Waals surface area contributed by atoms with Crippen molar-refractivity contribution in [3.8, 4) is 0 Å². The third-order valence-electron chi connectivity index (χ3n) is 4.73. The van der Waals surface area contributed by atoms with Crippen LogP contribution < -0.4 is 0 Å². The van der Waals surface area contributed by atoms with Gasteiger partial charge in [0, 0.05) is 6.42 Å². The van der Waals surface area contributed by atoms with Crippen molar-refractivity contribution in [2.45, 2.75) is 51.1 Å². The van der Waals surface area contributed by atoms with E-state index in [2.05, 4.69) is 19.1 Å². The van der Waals surface area contributed by atoms with Gasteiger partial charge >= 0.3 is 5.97 Å². The summed E-state index contributed by atoms with van der Waals surface area (Å²) in [4.78, 5) is 12.5. The molecule has 0 aromatic heterocycles. The molecule has 0 amide bonds. The number of esters is 1. The van der Waals surface area contributed by atoms with Gasteiger partial charge in [0.25, 0.3) is 0 Å². The molecule has 4 heteroatoms. The zero-order valence-corrected chi connectivity index (χ0v) is 16.3. The van der Waals surface area contributed by atoms with Gasteiger partial charge in [-0.1, -0.05) is 67.6 Å². The van der Waals surface area contributed by atoms with Crippen LogP contribution in [0.3, 0.4) is 0 Å². The molecule has 1 aliphatic rings. The van der Waals surface area contributed by atoms with Crippen molar-refractivity contribution in [3.63, 3.8) is 0 Å². The summed E-state index contributed by atoms with van der Waals surface area (Å²) >= 11 is 0. The Morgan fingerprint density at radius 1 is 1.07 bits per heavy atom. The number of carbonyl (C=O) groups excluding carboxylic acids is 1. The molecule has 4 nitrogen and oxygen atoms in total. The average molecular weight is 380 g/mol. The fraction of sp³-hybridized carbons (Fsp3) is 0.375. The molecule has 1 saturated heterocycles. The molecule has 0 bridgehead atoms. The molecule has 3 rings (SSSR count). The summed E-state index contributed by atoms with van der Waals surface area (Å²) in [6.45, 7) is 3.14. The number of ether oxygens (including phenoxy) is 3. The molecule has 1 fully saturated rings. The number of rotatable bonds is 9. The van der Waals surface area contributed by atoms with Crippen LogP contribution in [0.15, 0.2) is 72.8 Å². The molecule has 148 valence electrons. The molecule has 28 heavy (non-hydrogen) atoms. The van der Waals surface area contributed by atoms with E-state index in [1.807, 2.05) is 48.5 Å². The normalized spacial score (nSPS) is 21.8. The van der Waals surface area contributed by atoms with Crippen molar-refractivity contribution in [1.82, 2.24) is 0 Å². The van der Waals surface area contributed by atoms with Crippen LogP contribution in [0.4, 0.5) is 0 Å². The van der Waals surface area contributed by atoms with Crippen LogP contribution in [-0.4, -0.2) is 30.9 Å². The molecule has 1 aliphatic heterocycles. The lowest BCUT2D eigenvalue weighted by atomic mass is 10.1. The first-order chi connectivity index (χ1) is 13.8. The Morgan fingerprint density at radius 3 is 2.50 bits per heavy atom. The first-order valence-corrected chi connectivity index (χ1v) is 9.94. The molecule has 0 N–H and O–H groups in total. The van der Waals surface area contributed by atoms with E-state index in [0.717, 1.165) is 18.4 Å². The first kappa shape index (κ1) is 20.3. The van der Waals surface area contributed by atoms with E-state index in [4.69, 9.17) is 14.2 Å². The fourth-order valence-electron chi connectivity index (χ4n) is 3.30. The second kappa shape index (κ2) is 10.8. The summed E-state index contributed by atoms with van der Waals surface area (Å²) in [6, 6.07) is 19.2. The maximum atomic E-state index is 12.5. The van der Waals surface area contributed by atoms with Gasteiger partial charge in [0.15, 0.2) is 0 Å². The van der Waals surface area contributed by atoms with E-state index in [1.165, 1.54) is 0 Å². The highest BCUT2D eigenvalue weighted by Crippen LogP contribution is 2.27. The Morgan fingerprint density at radius 2 is 1.79 bits per heavy atom. The number of carbonyl (C=O) groups is 1. The van der Waals surface area contributed by atoms with Gasteiger partial charge in [0.1, 0.15) is 6.10 Å². The summed E-state index contributed by atoms with van der Waals surface area (Å²) in [7, 11) is 0. The molecule has 2 aromatic rings. The number of hydrogen-bond acceptors (Lipinski definition) is 4. The smallest absolute Gasteiger partial charge is 0.338 e. The molecule has 3 atom stereocenters. The second-order valence-electron chi connectivity index (χ2n) is 6.96. The van der Waals surface area contributed by atoms with Crippen LogP contribution in [0.25, 0.3) is 0 Å². The second-order valence-corrected chi connectivity index (χ2v) is 6.96. The van der Waals surface area contributed by atoms with Gasteiger partial charge in [-0.15, -0.1) is 0 Å². The fourth-order valence-corrected chi connectivity index (χ4v) is 3.30. The predicted molar refractivity (Wildman–Crippen MR) is 109 cm³/mol. The van der Waals surface area contributed by atoms with E-state index in [1.54, 1.807) is 12.1 Å². The quantitative estimate of drug-likeness (QED) is 0.456. The van der Waals surface area contributed by atoms with Crippen molar-refractivity contribution < 1.29 is 19.0 Å². The monoisotopic (exact) mass is 380 g/mol. The van der Waals surface area contributed by atoms with E-state index < -0.39 is 0 Å². The minimum atomic E-state index is -0.301. The number of hydrogen-bond donors (Lipinski definition) is 0. The van der Waals surface area contributed by atoms with E-state index in [0.29, 0.717) is 25.2 Å². The van der Waals surface area contributed by atoms with Crippen molar-refractivity contribution in [2.75, 3.05) is 6.61 Å². The Labute approximate surface area is 167 Å². The van der Waals surface area contributed by atoms with Crippen LogP contribution in [0.2, 0.25) is 0 Å². The third-order valence-corrected chi connectivity index (χ3v) is 4.73. The van der Waals surface area contributed by atoms with Gasteiger partial charge in [-0.2, -0.15) is 0 Å². The lowest BCUT2D eigenvalue weighted by Crippen LogP contribution is -2.26. The zero-order chi connectivity index (χ0) is 19.6. The van der Waals surface area contributed by atoms with E-state index >= 15 is 0 Å². The van der Waals surface area contributed by atoms with Gasteiger partial charge in [0.05, 0.1) is 31.0 Å². The lowest BCUT2D eigenvalue weighted by molar-refractivity contribution is -0.0351. The Kier molecular flexibility index (Phi) is 7.82. The standard InChI is InChI=1S/C24H28O4/c1-2-3-6-15-22-23(28-24(25)20-13-9-5-10-14-20)16-21(27-22)18-26-17-19-11-7-4-8-12-19/h3-14,21-23H,2,15-18H2,1H3/b6-3-/t21-,22+,23-/m0/s1. The van der Waals surface area contributed by atoms with Crippen LogP contribution in [-0.2, 0) is 20.8 Å². The molecular weight excluding hydrogens is 352 g/mol. The first-order valence-electron chi connectivity index (χ1n) is 9.94. The highest BCUT2D eigenvalue weighted by Gasteiger charge is 2.37. The van der Waals surface area contributed by atoms with Crippen LogP contribution in [0, 0.1) is 0 Å². The molecule has 0 aliphatic carbocycles. The van der Waals surface area contributed by atoms with Gasteiger partial charge in [0.2, 0.25) is 0 Å². The summed E-state index contributed by atoms with van der Waals surface area (Å²) in [5.74, 6) is -0.301. The maximum Gasteiger partial charge on any atom is 0.338 e. The highest BCUT2D eigenvalue weighted by atomic mass is 16.6. The SMILES string of the molecule is CC/C=C\C[C@H]1O[C@H](COCc2ccccc2)C[C@@H]1OC(=O)c1ccccc1. The van der Waals surface area contributed by atoms with Crippen LogP contribution in [0.5, 0.6) is 0 Å². The maximum absolute atomic E-state index is 12.5. The lowest BCUT2D eigenvalue weighted by Gasteiger charge is -2.17. The molecular formula is C24H28O4. The molecule has 0 saturated carbocycles. The van der Waals surface area contributed by atoms with E-state index in [-0.39, 0.29) is 24.3 Å². The Balaban J connectivity index is 1.55. The Bertz CT molecular complexity index is 742. The summed E-state index contributed by atoms with van der Waals surface area (Å²) < 4.78 is 17.8.